The summed E-state index contributed by atoms with van der Waals surface area (Å²) in [5.74, 6) is 0. The van der Waals surface area contributed by atoms with Crippen LogP contribution in [-0.4, -0.2) is 11.7 Å². The van der Waals surface area contributed by atoms with Crippen molar-refractivity contribution in [2.45, 2.75) is 32.1 Å². The van der Waals surface area contributed by atoms with Crippen molar-refractivity contribution in [3.05, 3.63) is 24.8 Å². The first-order valence-corrected chi connectivity index (χ1v) is 4.28. The van der Waals surface area contributed by atoms with Crippen molar-refractivity contribution in [3.8, 4) is 0 Å². The van der Waals surface area contributed by atoms with E-state index < -0.39 is 0 Å². The molecular weight excluding hydrogens is 136 g/mol. The van der Waals surface area contributed by atoms with Gasteiger partial charge in [-0.05, 0) is 32.1 Å². The van der Waals surface area contributed by atoms with Gasteiger partial charge in [-0.1, -0.05) is 18.2 Å². The Bertz CT molecular complexity index is 105. The average Bonchev–Trinajstić information content (AvgIpc) is 2.03. The van der Waals surface area contributed by atoms with E-state index in [9.17, 15) is 0 Å². The molecule has 0 fully saturated rings. The first-order valence-electron chi connectivity index (χ1n) is 4.28. The number of hydrogen-bond acceptors (Lipinski definition) is 1. The molecule has 0 heterocycles. The van der Waals surface area contributed by atoms with Gasteiger partial charge in [-0.15, -0.1) is 6.58 Å². The predicted octanol–water partition coefficient (Wildman–Crippen LogP) is 2.67. The third kappa shape index (κ3) is 9.44. The largest absolute Gasteiger partial charge is 0.396 e. The molecule has 0 bridgehead atoms. The van der Waals surface area contributed by atoms with E-state index in [1.807, 2.05) is 6.08 Å². The van der Waals surface area contributed by atoms with Crippen molar-refractivity contribution in [3.63, 3.8) is 0 Å². The minimum absolute atomic E-state index is 0.303. The van der Waals surface area contributed by atoms with Gasteiger partial charge >= 0.3 is 0 Å². The van der Waals surface area contributed by atoms with E-state index in [0.29, 0.717) is 6.61 Å². The summed E-state index contributed by atoms with van der Waals surface area (Å²) in [5.41, 5.74) is 0. The van der Waals surface area contributed by atoms with Crippen LogP contribution in [0.4, 0.5) is 0 Å². The molecule has 1 heteroatoms. The average molecular weight is 154 g/mol. The van der Waals surface area contributed by atoms with Gasteiger partial charge in [0.1, 0.15) is 0 Å². The second kappa shape index (κ2) is 9.44. The van der Waals surface area contributed by atoms with Crippen LogP contribution in [0.15, 0.2) is 24.8 Å². The van der Waals surface area contributed by atoms with Gasteiger partial charge in [-0.3, -0.25) is 0 Å². The van der Waals surface area contributed by atoms with Crippen LogP contribution in [0.3, 0.4) is 0 Å². The smallest absolute Gasteiger partial charge is 0.0433 e. The summed E-state index contributed by atoms with van der Waals surface area (Å²) in [6.07, 6.45) is 11.6. The van der Waals surface area contributed by atoms with E-state index >= 15 is 0 Å². The second-order valence-electron chi connectivity index (χ2n) is 2.56. The van der Waals surface area contributed by atoms with E-state index in [2.05, 4.69) is 18.7 Å². The lowest BCUT2D eigenvalue weighted by Gasteiger charge is -1.90. The zero-order valence-electron chi connectivity index (χ0n) is 7.13. The minimum Gasteiger partial charge on any atom is -0.396 e. The number of unbranched alkanes of at least 4 members (excludes halogenated alkanes) is 3. The Labute approximate surface area is 69.4 Å². The van der Waals surface area contributed by atoms with Crippen LogP contribution >= 0.6 is 0 Å². The number of hydrogen-bond donors (Lipinski definition) is 1. The quantitative estimate of drug-likeness (QED) is 0.441. The molecule has 1 N–H and O–H groups in total. The zero-order chi connectivity index (χ0) is 8.36. The number of aliphatic hydroxyl groups excluding tert-OH is 1. The van der Waals surface area contributed by atoms with Crippen molar-refractivity contribution >= 4 is 0 Å². The first kappa shape index (κ1) is 10.4. The molecule has 0 aliphatic heterocycles. The van der Waals surface area contributed by atoms with Gasteiger partial charge < -0.3 is 5.11 Å². The summed E-state index contributed by atoms with van der Waals surface area (Å²) in [7, 11) is 0. The number of rotatable bonds is 7. The molecule has 1 nitrogen and oxygen atoms in total. The zero-order valence-corrected chi connectivity index (χ0v) is 7.13. The van der Waals surface area contributed by atoms with Crippen molar-refractivity contribution in [1.29, 1.82) is 0 Å². The molecule has 0 radical (unpaired) electrons. The lowest BCUT2D eigenvalue weighted by Crippen LogP contribution is -1.78. The Morgan fingerprint density at radius 2 is 1.64 bits per heavy atom. The van der Waals surface area contributed by atoms with E-state index in [-0.39, 0.29) is 0 Å². The molecule has 0 aliphatic carbocycles. The maximum atomic E-state index is 8.46. The van der Waals surface area contributed by atoms with Crippen LogP contribution in [-0.2, 0) is 0 Å². The first-order chi connectivity index (χ1) is 5.41. The molecule has 0 amide bonds. The van der Waals surface area contributed by atoms with Gasteiger partial charge in [-0.2, -0.15) is 0 Å². The van der Waals surface area contributed by atoms with Crippen LogP contribution < -0.4 is 0 Å². The van der Waals surface area contributed by atoms with Crippen molar-refractivity contribution < 1.29 is 5.11 Å². The van der Waals surface area contributed by atoms with E-state index in [0.717, 1.165) is 25.7 Å². The van der Waals surface area contributed by atoms with Gasteiger partial charge in [0.15, 0.2) is 0 Å². The highest BCUT2D eigenvalue weighted by Crippen LogP contribution is 1.98. The molecule has 0 aliphatic rings. The summed E-state index contributed by atoms with van der Waals surface area (Å²) < 4.78 is 0. The fraction of sp³-hybridized carbons (Fsp3) is 0.600. The molecule has 0 atom stereocenters. The Balaban J connectivity index is 2.97. The normalized spacial score (nSPS) is 10.6. The van der Waals surface area contributed by atoms with Crippen molar-refractivity contribution in [2.75, 3.05) is 6.61 Å². The standard InChI is InChI=1S/C10H18O/c1-2-3-4-5-6-7-8-9-10-11/h2,6-7,11H,1,3-5,8-10H2/b7-6-. The summed E-state index contributed by atoms with van der Waals surface area (Å²) in [5, 5.41) is 8.46. The Morgan fingerprint density at radius 1 is 1.00 bits per heavy atom. The second-order valence-corrected chi connectivity index (χ2v) is 2.56. The van der Waals surface area contributed by atoms with Crippen LogP contribution in [0.25, 0.3) is 0 Å². The molecule has 0 saturated carbocycles. The highest BCUT2D eigenvalue weighted by Gasteiger charge is 1.80. The van der Waals surface area contributed by atoms with E-state index in [1.165, 1.54) is 6.42 Å². The Morgan fingerprint density at radius 3 is 2.18 bits per heavy atom. The fourth-order valence-corrected chi connectivity index (χ4v) is 0.825. The van der Waals surface area contributed by atoms with Crippen LogP contribution in [0.2, 0.25) is 0 Å². The number of aliphatic hydroxyl groups is 1. The van der Waals surface area contributed by atoms with Gasteiger partial charge in [-0.25, -0.2) is 0 Å². The predicted molar refractivity (Wildman–Crippen MR) is 49.5 cm³/mol. The van der Waals surface area contributed by atoms with Crippen LogP contribution in [0.5, 0.6) is 0 Å². The highest BCUT2D eigenvalue weighted by atomic mass is 16.2. The molecule has 0 rings (SSSR count). The number of allylic oxidation sites excluding steroid dienone is 3. The molecule has 0 unspecified atom stereocenters. The Kier molecular flexibility index (Phi) is 8.96. The third-order valence-corrected chi connectivity index (χ3v) is 1.47. The highest BCUT2D eigenvalue weighted by molar-refractivity contribution is 4.82. The topological polar surface area (TPSA) is 20.2 Å². The summed E-state index contributed by atoms with van der Waals surface area (Å²) in [6.45, 7) is 3.95. The van der Waals surface area contributed by atoms with Crippen molar-refractivity contribution in [2.24, 2.45) is 0 Å². The van der Waals surface area contributed by atoms with Crippen molar-refractivity contribution in [1.82, 2.24) is 0 Å². The molecule has 0 saturated heterocycles. The lowest BCUT2D eigenvalue weighted by atomic mass is 10.2. The fourth-order valence-electron chi connectivity index (χ4n) is 0.825. The van der Waals surface area contributed by atoms with E-state index in [1.54, 1.807) is 0 Å². The SMILES string of the molecule is C=CCCC/C=C\CCCO. The summed E-state index contributed by atoms with van der Waals surface area (Å²) in [6, 6.07) is 0. The molecule has 64 valence electrons. The van der Waals surface area contributed by atoms with Gasteiger partial charge in [0.2, 0.25) is 0 Å². The molecule has 11 heavy (non-hydrogen) atoms. The van der Waals surface area contributed by atoms with Gasteiger partial charge in [0.25, 0.3) is 0 Å². The lowest BCUT2D eigenvalue weighted by molar-refractivity contribution is 0.289. The molecule has 0 aromatic rings. The molecule has 0 spiro atoms. The molecule has 0 aromatic carbocycles. The minimum atomic E-state index is 0.303. The Hall–Kier alpha value is -0.560. The maximum absolute atomic E-state index is 8.46. The monoisotopic (exact) mass is 154 g/mol. The van der Waals surface area contributed by atoms with Crippen LogP contribution in [0, 0.1) is 0 Å². The molecule has 0 aromatic heterocycles. The maximum Gasteiger partial charge on any atom is 0.0433 e. The van der Waals surface area contributed by atoms with Gasteiger partial charge in [0, 0.05) is 6.61 Å². The third-order valence-electron chi connectivity index (χ3n) is 1.47. The summed E-state index contributed by atoms with van der Waals surface area (Å²) in [4.78, 5) is 0. The molecular formula is C10H18O. The summed E-state index contributed by atoms with van der Waals surface area (Å²) >= 11 is 0. The van der Waals surface area contributed by atoms with Gasteiger partial charge in [0.05, 0.1) is 0 Å². The van der Waals surface area contributed by atoms with E-state index in [4.69, 9.17) is 5.11 Å². The van der Waals surface area contributed by atoms with Crippen LogP contribution in [0.1, 0.15) is 32.1 Å².